The Kier molecular flexibility index (Phi) is 4.70. The number of sulfonamides is 1. The lowest BCUT2D eigenvalue weighted by Gasteiger charge is -2.34. The molecule has 0 spiro atoms. The molecule has 21 heavy (non-hydrogen) atoms. The van der Waals surface area contributed by atoms with Gasteiger partial charge in [-0.2, -0.15) is 5.26 Å². The fourth-order valence-corrected chi connectivity index (χ4v) is 4.26. The van der Waals surface area contributed by atoms with Gasteiger partial charge in [0.25, 0.3) is 0 Å². The summed E-state index contributed by atoms with van der Waals surface area (Å²) < 4.78 is 27.3. The molecule has 1 aromatic rings. The van der Waals surface area contributed by atoms with Crippen molar-refractivity contribution in [3.8, 4) is 6.07 Å². The molecule has 0 bridgehead atoms. The third-order valence-corrected chi connectivity index (χ3v) is 5.55. The molecule has 0 amide bonds. The van der Waals surface area contributed by atoms with Gasteiger partial charge in [0.1, 0.15) is 0 Å². The Morgan fingerprint density at radius 2 is 1.90 bits per heavy atom. The number of nitriles is 1. The second-order valence-electron chi connectivity index (χ2n) is 6.58. The van der Waals surface area contributed by atoms with Crippen molar-refractivity contribution in [2.24, 2.45) is 5.41 Å². The number of hydrogen-bond donors (Lipinski definition) is 1. The van der Waals surface area contributed by atoms with Gasteiger partial charge in [0.05, 0.1) is 17.4 Å². The average Bonchev–Trinajstić information content (AvgIpc) is 2.41. The molecule has 1 saturated carbocycles. The minimum Gasteiger partial charge on any atom is -0.212 e. The molecule has 0 aromatic heterocycles. The third-order valence-electron chi connectivity index (χ3n) is 4.17. The van der Waals surface area contributed by atoms with Crippen LogP contribution < -0.4 is 4.72 Å². The first-order valence-corrected chi connectivity index (χ1v) is 8.95. The molecule has 0 heterocycles. The van der Waals surface area contributed by atoms with Crippen LogP contribution in [0.3, 0.4) is 0 Å². The number of rotatable bonds is 4. The van der Waals surface area contributed by atoms with Gasteiger partial charge in [-0.1, -0.05) is 32.0 Å². The van der Waals surface area contributed by atoms with Crippen LogP contribution in [0.2, 0.25) is 0 Å². The maximum absolute atomic E-state index is 12.3. The highest BCUT2D eigenvalue weighted by Crippen LogP contribution is 2.35. The van der Waals surface area contributed by atoms with Crippen molar-refractivity contribution in [3.05, 3.63) is 35.4 Å². The molecule has 1 aliphatic rings. The Labute approximate surface area is 127 Å². The van der Waals surface area contributed by atoms with Gasteiger partial charge >= 0.3 is 0 Å². The van der Waals surface area contributed by atoms with E-state index in [2.05, 4.69) is 18.6 Å². The second-order valence-corrected chi connectivity index (χ2v) is 8.34. The SMILES string of the molecule is CC1(C)CCC(NS(=O)(=O)Cc2ccccc2C#N)CC1. The number of nitrogens with one attached hydrogen (secondary N) is 1. The first kappa shape index (κ1) is 16.0. The fraction of sp³-hybridized carbons (Fsp3) is 0.562. The highest BCUT2D eigenvalue weighted by atomic mass is 32.2. The molecule has 4 nitrogen and oxygen atoms in total. The summed E-state index contributed by atoms with van der Waals surface area (Å²) in [4.78, 5) is 0. The molecule has 0 aliphatic heterocycles. The quantitative estimate of drug-likeness (QED) is 0.929. The lowest BCUT2D eigenvalue weighted by molar-refractivity contribution is 0.218. The first-order chi connectivity index (χ1) is 9.81. The van der Waals surface area contributed by atoms with Crippen LogP contribution in [0.1, 0.15) is 50.7 Å². The Morgan fingerprint density at radius 1 is 1.29 bits per heavy atom. The van der Waals surface area contributed by atoms with E-state index in [9.17, 15) is 8.42 Å². The van der Waals surface area contributed by atoms with E-state index in [1.54, 1.807) is 24.3 Å². The molecule has 0 unspecified atom stereocenters. The molecule has 2 rings (SSSR count). The van der Waals surface area contributed by atoms with Crippen molar-refractivity contribution in [2.45, 2.75) is 51.3 Å². The molecule has 0 saturated heterocycles. The number of benzene rings is 1. The smallest absolute Gasteiger partial charge is 0.212 e. The largest absolute Gasteiger partial charge is 0.216 e. The summed E-state index contributed by atoms with van der Waals surface area (Å²) in [6, 6.07) is 8.91. The predicted octanol–water partition coefficient (Wildman–Crippen LogP) is 2.95. The van der Waals surface area contributed by atoms with Crippen molar-refractivity contribution in [1.82, 2.24) is 4.72 Å². The van der Waals surface area contributed by atoms with E-state index in [1.165, 1.54) is 0 Å². The Bertz CT molecular complexity index is 634. The second kappa shape index (κ2) is 6.17. The van der Waals surface area contributed by atoms with Gasteiger partial charge in [0.2, 0.25) is 10.0 Å². The lowest BCUT2D eigenvalue weighted by Crippen LogP contribution is -2.39. The van der Waals surface area contributed by atoms with Crippen LogP contribution >= 0.6 is 0 Å². The zero-order valence-corrected chi connectivity index (χ0v) is 13.4. The van der Waals surface area contributed by atoms with Crippen LogP contribution in [0.4, 0.5) is 0 Å². The Balaban J connectivity index is 2.02. The molecule has 5 heteroatoms. The van der Waals surface area contributed by atoms with Crippen LogP contribution in [-0.4, -0.2) is 14.5 Å². The molecular weight excluding hydrogens is 284 g/mol. The molecule has 1 aliphatic carbocycles. The number of hydrogen-bond acceptors (Lipinski definition) is 3. The van der Waals surface area contributed by atoms with Gasteiger partial charge in [-0.3, -0.25) is 0 Å². The summed E-state index contributed by atoms with van der Waals surface area (Å²) in [5.41, 5.74) is 1.30. The Hall–Kier alpha value is -1.38. The molecule has 1 aromatic carbocycles. The zero-order valence-electron chi connectivity index (χ0n) is 12.6. The van der Waals surface area contributed by atoms with Crippen LogP contribution in [0, 0.1) is 16.7 Å². The molecular formula is C16H22N2O2S. The van der Waals surface area contributed by atoms with E-state index in [4.69, 9.17) is 5.26 Å². The minimum absolute atomic E-state index is 0.0253. The van der Waals surface area contributed by atoms with Crippen LogP contribution in [0.15, 0.2) is 24.3 Å². The predicted molar refractivity (Wildman–Crippen MR) is 83.0 cm³/mol. The normalized spacial score (nSPS) is 19.1. The average molecular weight is 306 g/mol. The molecule has 1 N–H and O–H groups in total. The maximum atomic E-state index is 12.3. The number of nitrogens with zero attached hydrogens (tertiary/aromatic N) is 1. The monoisotopic (exact) mass is 306 g/mol. The van der Waals surface area contributed by atoms with E-state index >= 15 is 0 Å². The zero-order chi connectivity index (χ0) is 15.5. The minimum atomic E-state index is -3.41. The maximum Gasteiger partial charge on any atom is 0.216 e. The molecule has 1 fully saturated rings. The van der Waals surface area contributed by atoms with Crippen LogP contribution in [-0.2, 0) is 15.8 Å². The van der Waals surface area contributed by atoms with Crippen LogP contribution in [0.5, 0.6) is 0 Å². The topological polar surface area (TPSA) is 70.0 Å². The van der Waals surface area contributed by atoms with Gasteiger partial charge < -0.3 is 0 Å². The highest BCUT2D eigenvalue weighted by Gasteiger charge is 2.29. The molecule has 0 radical (unpaired) electrons. The summed E-state index contributed by atoms with van der Waals surface area (Å²) in [7, 11) is -3.41. The van der Waals surface area contributed by atoms with Crippen molar-refractivity contribution in [2.75, 3.05) is 0 Å². The highest BCUT2D eigenvalue weighted by molar-refractivity contribution is 7.88. The van der Waals surface area contributed by atoms with E-state index < -0.39 is 10.0 Å². The fourth-order valence-electron chi connectivity index (χ4n) is 2.77. The van der Waals surface area contributed by atoms with Gasteiger partial charge in [0, 0.05) is 6.04 Å². The third kappa shape index (κ3) is 4.55. The van der Waals surface area contributed by atoms with E-state index in [0.717, 1.165) is 25.7 Å². The van der Waals surface area contributed by atoms with Crippen LogP contribution in [0.25, 0.3) is 0 Å². The van der Waals surface area contributed by atoms with E-state index in [1.807, 2.05) is 6.07 Å². The van der Waals surface area contributed by atoms with Gasteiger partial charge in [0.15, 0.2) is 0 Å². The molecule has 0 atom stereocenters. The van der Waals surface area contributed by atoms with E-state index in [0.29, 0.717) is 16.5 Å². The summed E-state index contributed by atoms with van der Waals surface area (Å²) in [5.74, 6) is -0.128. The van der Waals surface area contributed by atoms with Crippen molar-refractivity contribution < 1.29 is 8.42 Å². The summed E-state index contributed by atoms with van der Waals surface area (Å²) in [5, 5.41) is 9.03. The van der Waals surface area contributed by atoms with Crippen molar-refractivity contribution in [1.29, 1.82) is 5.26 Å². The van der Waals surface area contributed by atoms with Crippen molar-refractivity contribution >= 4 is 10.0 Å². The molecule has 114 valence electrons. The summed E-state index contributed by atoms with van der Waals surface area (Å²) in [6.45, 7) is 4.45. The van der Waals surface area contributed by atoms with Gasteiger partial charge in [-0.05, 0) is 42.7 Å². The summed E-state index contributed by atoms with van der Waals surface area (Å²) in [6.07, 6.45) is 3.84. The lowest BCUT2D eigenvalue weighted by atomic mass is 9.76. The van der Waals surface area contributed by atoms with Gasteiger partial charge in [-0.25, -0.2) is 13.1 Å². The van der Waals surface area contributed by atoms with E-state index in [-0.39, 0.29) is 11.8 Å². The first-order valence-electron chi connectivity index (χ1n) is 7.29. The van der Waals surface area contributed by atoms with Gasteiger partial charge in [-0.15, -0.1) is 0 Å². The van der Waals surface area contributed by atoms with Crippen molar-refractivity contribution in [3.63, 3.8) is 0 Å². The Morgan fingerprint density at radius 3 is 2.52 bits per heavy atom. The summed E-state index contributed by atoms with van der Waals surface area (Å²) >= 11 is 0. The standard InChI is InChI=1S/C16H22N2O2S/c1-16(2)9-7-15(8-10-16)18-21(19,20)12-14-6-4-3-5-13(14)11-17/h3-6,15,18H,7-10,12H2,1-2H3.